The molecule has 0 aliphatic carbocycles. The van der Waals surface area contributed by atoms with Crippen molar-refractivity contribution in [2.75, 3.05) is 27.4 Å². The molecule has 1 aliphatic heterocycles. The van der Waals surface area contributed by atoms with Crippen molar-refractivity contribution in [1.29, 1.82) is 5.26 Å². The van der Waals surface area contributed by atoms with Gasteiger partial charge in [0.1, 0.15) is 12.4 Å². The van der Waals surface area contributed by atoms with E-state index in [9.17, 15) is 10.1 Å². The number of ether oxygens (including phenoxy) is 3. The van der Waals surface area contributed by atoms with Crippen LogP contribution in [0.2, 0.25) is 5.02 Å². The number of rotatable bonds is 9. The molecule has 1 amide bonds. The first-order valence-corrected chi connectivity index (χ1v) is 13.4. The van der Waals surface area contributed by atoms with Gasteiger partial charge < -0.3 is 14.2 Å². The summed E-state index contributed by atoms with van der Waals surface area (Å²) in [7, 11) is 3.19. The van der Waals surface area contributed by atoms with Crippen LogP contribution in [-0.4, -0.2) is 43.3 Å². The molecule has 1 heterocycles. The van der Waals surface area contributed by atoms with E-state index in [2.05, 4.69) is 27.0 Å². The number of nitrogens with zero attached hydrogens (tertiary/aromatic N) is 3. The molecule has 0 saturated carbocycles. The van der Waals surface area contributed by atoms with Crippen LogP contribution in [0.3, 0.4) is 0 Å². The standard InChI is InChI=1S/C28H23BrClN3O4S/c1-35-12-11-33-27(34)25(38-28(33)32-21-7-9-22(36-2)10-8-21)15-18-13-23(29)26(24(30)14-18)37-17-20-6-4-3-5-19(20)16-31/h3-10,13-15H,11-12,17H2,1-2H3/b25-15-,32-28?. The van der Waals surface area contributed by atoms with Gasteiger partial charge in [-0.15, -0.1) is 0 Å². The Kier molecular flexibility index (Phi) is 9.48. The van der Waals surface area contributed by atoms with Gasteiger partial charge in [0.05, 0.1) is 52.0 Å². The van der Waals surface area contributed by atoms with E-state index in [0.29, 0.717) is 49.7 Å². The molecule has 1 saturated heterocycles. The van der Waals surface area contributed by atoms with Gasteiger partial charge in [0.25, 0.3) is 5.91 Å². The maximum atomic E-state index is 13.3. The van der Waals surface area contributed by atoms with Gasteiger partial charge in [-0.3, -0.25) is 9.69 Å². The summed E-state index contributed by atoms with van der Waals surface area (Å²) in [5.41, 5.74) is 2.73. The zero-order chi connectivity index (χ0) is 27.1. The highest BCUT2D eigenvalue weighted by molar-refractivity contribution is 9.10. The summed E-state index contributed by atoms with van der Waals surface area (Å²) in [5, 5.41) is 10.2. The molecule has 4 rings (SSSR count). The van der Waals surface area contributed by atoms with Gasteiger partial charge >= 0.3 is 0 Å². The Bertz CT molecular complexity index is 1410. The van der Waals surface area contributed by atoms with E-state index in [1.165, 1.54) is 11.8 Å². The molecule has 0 atom stereocenters. The molecule has 38 heavy (non-hydrogen) atoms. The minimum atomic E-state index is -0.167. The van der Waals surface area contributed by atoms with Gasteiger partial charge in [0.2, 0.25) is 0 Å². The Morgan fingerprint density at radius 3 is 2.61 bits per heavy atom. The average molecular weight is 613 g/mol. The number of hydrogen-bond donors (Lipinski definition) is 0. The number of benzene rings is 3. The van der Waals surface area contributed by atoms with Crippen LogP contribution in [0.25, 0.3) is 6.08 Å². The predicted octanol–water partition coefficient (Wildman–Crippen LogP) is 6.81. The van der Waals surface area contributed by atoms with Crippen LogP contribution < -0.4 is 9.47 Å². The number of amides is 1. The zero-order valence-electron chi connectivity index (χ0n) is 20.6. The number of hydrogen-bond acceptors (Lipinski definition) is 7. The molecule has 1 fully saturated rings. The minimum Gasteiger partial charge on any atom is -0.497 e. The second-order valence-corrected chi connectivity index (χ2v) is 10.3. The molecule has 3 aromatic carbocycles. The zero-order valence-corrected chi connectivity index (χ0v) is 23.8. The summed E-state index contributed by atoms with van der Waals surface area (Å²) in [6.45, 7) is 0.937. The number of methoxy groups -OCH3 is 2. The average Bonchev–Trinajstić information content (AvgIpc) is 3.20. The quantitative estimate of drug-likeness (QED) is 0.247. The third-order valence-corrected chi connectivity index (χ3v) is 7.41. The third-order valence-electron chi connectivity index (χ3n) is 5.53. The van der Waals surface area contributed by atoms with Crippen LogP contribution in [-0.2, 0) is 16.1 Å². The number of amidine groups is 1. The summed E-state index contributed by atoms with van der Waals surface area (Å²) >= 11 is 11.4. The summed E-state index contributed by atoms with van der Waals surface area (Å²) < 4.78 is 17.0. The Labute approximate surface area is 238 Å². The topological polar surface area (TPSA) is 84.1 Å². The molecule has 10 heteroatoms. The first kappa shape index (κ1) is 27.7. The van der Waals surface area contributed by atoms with Crippen LogP contribution in [0.15, 0.2) is 75.0 Å². The van der Waals surface area contributed by atoms with E-state index >= 15 is 0 Å². The first-order valence-electron chi connectivity index (χ1n) is 11.5. The summed E-state index contributed by atoms with van der Waals surface area (Å²) in [5.74, 6) is 1.01. The summed E-state index contributed by atoms with van der Waals surface area (Å²) in [6, 6.07) is 20.3. The Hall–Kier alpha value is -3.29. The van der Waals surface area contributed by atoms with Crippen LogP contribution >= 0.6 is 39.3 Å². The Morgan fingerprint density at radius 1 is 1.16 bits per heavy atom. The minimum absolute atomic E-state index is 0.167. The van der Waals surface area contributed by atoms with E-state index < -0.39 is 0 Å². The van der Waals surface area contributed by atoms with Crippen molar-refractivity contribution in [1.82, 2.24) is 4.90 Å². The lowest BCUT2D eigenvalue weighted by Gasteiger charge is -2.14. The number of thioether (sulfide) groups is 1. The van der Waals surface area contributed by atoms with E-state index in [1.807, 2.05) is 42.5 Å². The molecule has 0 unspecified atom stereocenters. The first-order chi connectivity index (χ1) is 18.4. The normalized spacial score (nSPS) is 15.2. The Morgan fingerprint density at radius 2 is 1.92 bits per heavy atom. The fourth-order valence-corrected chi connectivity index (χ4v) is 5.61. The van der Waals surface area contributed by atoms with Crippen molar-refractivity contribution in [3.8, 4) is 17.6 Å². The molecule has 1 aliphatic rings. The smallest absolute Gasteiger partial charge is 0.266 e. The number of carbonyl (C=O) groups excluding carboxylic acids is 1. The van der Waals surface area contributed by atoms with Gasteiger partial charge in [0, 0.05) is 12.7 Å². The largest absolute Gasteiger partial charge is 0.497 e. The molecule has 0 spiro atoms. The molecule has 0 bridgehead atoms. The van der Waals surface area contributed by atoms with Gasteiger partial charge in [-0.05, 0) is 81.8 Å². The lowest BCUT2D eigenvalue weighted by Crippen LogP contribution is -2.32. The maximum Gasteiger partial charge on any atom is 0.266 e. The molecule has 0 aromatic heterocycles. The second-order valence-electron chi connectivity index (χ2n) is 8.02. The van der Waals surface area contributed by atoms with Gasteiger partial charge in [-0.25, -0.2) is 4.99 Å². The van der Waals surface area contributed by atoms with Crippen molar-refractivity contribution < 1.29 is 19.0 Å². The number of halogens is 2. The third kappa shape index (κ3) is 6.58. The summed E-state index contributed by atoms with van der Waals surface area (Å²) in [6.07, 6.45) is 1.77. The van der Waals surface area contributed by atoms with E-state index in [-0.39, 0.29) is 12.5 Å². The van der Waals surface area contributed by atoms with Gasteiger partial charge in [-0.1, -0.05) is 29.8 Å². The highest BCUT2D eigenvalue weighted by Gasteiger charge is 2.33. The van der Waals surface area contributed by atoms with Crippen molar-refractivity contribution in [3.63, 3.8) is 0 Å². The molecule has 7 nitrogen and oxygen atoms in total. The van der Waals surface area contributed by atoms with Crippen molar-refractivity contribution in [2.24, 2.45) is 4.99 Å². The number of nitriles is 1. The number of carbonyl (C=O) groups is 1. The second kappa shape index (κ2) is 13.0. The highest BCUT2D eigenvalue weighted by Crippen LogP contribution is 2.38. The van der Waals surface area contributed by atoms with Crippen molar-refractivity contribution in [2.45, 2.75) is 6.61 Å². The molecular weight excluding hydrogens is 590 g/mol. The van der Waals surface area contributed by atoms with E-state index in [1.54, 1.807) is 43.4 Å². The Balaban J connectivity index is 1.57. The molecular formula is C28H23BrClN3O4S. The lowest BCUT2D eigenvalue weighted by atomic mass is 10.1. The lowest BCUT2D eigenvalue weighted by molar-refractivity contribution is -0.122. The van der Waals surface area contributed by atoms with Gasteiger partial charge in [0.15, 0.2) is 10.9 Å². The van der Waals surface area contributed by atoms with Crippen LogP contribution in [0.1, 0.15) is 16.7 Å². The number of aliphatic imine (C=N–C) groups is 1. The summed E-state index contributed by atoms with van der Waals surface area (Å²) in [4.78, 5) is 20.0. The molecule has 0 N–H and O–H groups in total. The molecule has 3 aromatic rings. The fourth-order valence-electron chi connectivity index (χ4n) is 3.60. The van der Waals surface area contributed by atoms with E-state index in [0.717, 1.165) is 16.9 Å². The van der Waals surface area contributed by atoms with Crippen molar-refractivity contribution in [3.05, 3.63) is 91.8 Å². The maximum absolute atomic E-state index is 13.3. The van der Waals surface area contributed by atoms with Crippen LogP contribution in [0, 0.1) is 11.3 Å². The van der Waals surface area contributed by atoms with Gasteiger partial charge in [-0.2, -0.15) is 5.26 Å². The monoisotopic (exact) mass is 611 g/mol. The molecule has 0 radical (unpaired) electrons. The SMILES string of the molecule is COCCN1C(=O)/C(=C/c2cc(Cl)c(OCc3ccccc3C#N)c(Br)c2)SC1=Nc1ccc(OC)cc1. The molecule has 194 valence electrons. The van der Waals surface area contributed by atoms with Crippen LogP contribution in [0.5, 0.6) is 11.5 Å². The van der Waals surface area contributed by atoms with E-state index in [4.69, 9.17) is 25.8 Å². The highest BCUT2D eigenvalue weighted by atomic mass is 79.9. The van der Waals surface area contributed by atoms with Crippen molar-refractivity contribution >= 4 is 62.1 Å². The predicted molar refractivity (Wildman–Crippen MR) is 154 cm³/mol. The van der Waals surface area contributed by atoms with Crippen LogP contribution in [0.4, 0.5) is 5.69 Å². The fraction of sp³-hybridized carbons (Fsp3) is 0.179.